The van der Waals surface area contributed by atoms with Crippen LogP contribution in [0.15, 0.2) is 17.1 Å². The van der Waals surface area contributed by atoms with Crippen molar-refractivity contribution in [3.8, 4) is 17.2 Å². The van der Waals surface area contributed by atoms with Gasteiger partial charge in [0.05, 0.1) is 21.3 Å². The molecular formula is C19H32N4O3. The van der Waals surface area contributed by atoms with E-state index in [1.807, 2.05) is 12.1 Å². The Hall–Kier alpha value is -2.15. The molecule has 0 amide bonds. The number of guanidine groups is 1. The Labute approximate surface area is 156 Å². The van der Waals surface area contributed by atoms with Gasteiger partial charge in [0.1, 0.15) is 0 Å². The first-order chi connectivity index (χ1) is 12.7. The van der Waals surface area contributed by atoms with Crippen LogP contribution in [0.3, 0.4) is 0 Å². The van der Waals surface area contributed by atoms with Crippen molar-refractivity contribution in [2.45, 2.75) is 32.4 Å². The lowest BCUT2D eigenvalue weighted by atomic mass is 10.2. The number of ether oxygens (including phenoxy) is 3. The van der Waals surface area contributed by atoms with Crippen LogP contribution in [0.2, 0.25) is 0 Å². The van der Waals surface area contributed by atoms with Crippen molar-refractivity contribution in [3.05, 3.63) is 17.7 Å². The molecule has 146 valence electrons. The molecule has 0 aromatic heterocycles. The predicted molar refractivity (Wildman–Crippen MR) is 105 cm³/mol. The molecule has 0 bridgehead atoms. The van der Waals surface area contributed by atoms with E-state index in [0.29, 0.717) is 23.8 Å². The highest BCUT2D eigenvalue weighted by atomic mass is 16.5. The Morgan fingerprint density at radius 1 is 1.12 bits per heavy atom. The maximum atomic E-state index is 5.40. The standard InChI is InChI=1S/C19H32N4O3/c1-6-23(15-7-8-15)10-9-21-19(20-2)22-13-14-11-16(24-3)18(26-5)17(12-14)25-4/h11-12,15H,6-10,13H2,1-5H3,(H2,20,21,22). The molecule has 0 radical (unpaired) electrons. The van der Waals surface area contributed by atoms with E-state index in [2.05, 4.69) is 27.4 Å². The molecule has 1 fully saturated rings. The quantitative estimate of drug-likeness (QED) is 0.488. The molecule has 26 heavy (non-hydrogen) atoms. The molecule has 1 aliphatic rings. The summed E-state index contributed by atoms with van der Waals surface area (Å²) in [6.07, 6.45) is 2.67. The van der Waals surface area contributed by atoms with Crippen molar-refractivity contribution >= 4 is 5.96 Å². The molecule has 1 aromatic carbocycles. The number of hydrogen-bond acceptors (Lipinski definition) is 5. The molecule has 2 rings (SSSR count). The number of nitrogens with zero attached hydrogens (tertiary/aromatic N) is 2. The van der Waals surface area contributed by atoms with Gasteiger partial charge in [-0.15, -0.1) is 0 Å². The van der Waals surface area contributed by atoms with Gasteiger partial charge in [0.15, 0.2) is 17.5 Å². The Kier molecular flexibility index (Phi) is 7.84. The summed E-state index contributed by atoms with van der Waals surface area (Å²) in [7, 11) is 6.62. The highest BCUT2D eigenvalue weighted by Crippen LogP contribution is 2.38. The Balaban J connectivity index is 1.89. The molecule has 1 saturated carbocycles. The molecule has 2 N–H and O–H groups in total. The van der Waals surface area contributed by atoms with Crippen LogP contribution < -0.4 is 24.8 Å². The normalized spacial score (nSPS) is 14.3. The minimum Gasteiger partial charge on any atom is -0.493 e. The largest absolute Gasteiger partial charge is 0.493 e. The zero-order valence-corrected chi connectivity index (χ0v) is 16.6. The number of rotatable bonds is 10. The molecule has 1 aromatic rings. The molecule has 0 saturated heterocycles. The average Bonchev–Trinajstić information content (AvgIpc) is 3.51. The topological polar surface area (TPSA) is 67.4 Å². The molecule has 0 heterocycles. The number of likely N-dealkylation sites (N-methyl/N-ethyl adjacent to an activating group) is 1. The first-order valence-electron chi connectivity index (χ1n) is 9.14. The van der Waals surface area contributed by atoms with Gasteiger partial charge in [0, 0.05) is 32.7 Å². The lowest BCUT2D eigenvalue weighted by Crippen LogP contribution is -2.41. The van der Waals surface area contributed by atoms with Gasteiger partial charge < -0.3 is 24.8 Å². The Morgan fingerprint density at radius 2 is 1.77 bits per heavy atom. The first kappa shape index (κ1) is 20.2. The van der Waals surface area contributed by atoms with Crippen molar-refractivity contribution in [2.24, 2.45) is 4.99 Å². The molecule has 1 aliphatic carbocycles. The van der Waals surface area contributed by atoms with Crippen LogP contribution >= 0.6 is 0 Å². The minimum atomic E-state index is 0.598. The van der Waals surface area contributed by atoms with Gasteiger partial charge in [0.2, 0.25) is 5.75 Å². The van der Waals surface area contributed by atoms with Gasteiger partial charge in [-0.2, -0.15) is 0 Å². The summed E-state index contributed by atoms with van der Waals surface area (Å²) < 4.78 is 16.2. The Bertz CT molecular complexity index is 577. The molecule has 0 atom stereocenters. The third-order valence-corrected chi connectivity index (χ3v) is 4.57. The van der Waals surface area contributed by atoms with Crippen LogP contribution in [-0.4, -0.2) is 64.9 Å². The second kappa shape index (κ2) is 10.1. The summed E-state index contributed by atoms with van der Waals surface area (Å²) in [6, 6.07) is 4.66. The minimum absolute atomic E-state index is 0.598. The fourth-order valence-electron chi connectivity index (χ4n) is 3.00. The van der Waals surface area contributed by atoms with E-state index in [1.165, 1.54) is 12.8 Å². The van der Waals surface area contributed by atoms with E-state index in [1.54, 1.807) is 28.4 Å². The second-order valence-electron chi connectivity index (χ2n) is 6.25. The number of methoxy groups -OCH3 is 3. The van der Waals surface area contributed by atoms with Crippen molar-refractivity contribution < 1.29 is 14.2 Å². The average molecular weight is 364 g/mol. The zero-order chi connectivity index (χ0) is 18.9. The highest BCUT2D eigenvalue weighted by Gasteiger charge is 2.27. The van der Waals surface area contributed by atoms with E-state index in [4.69, 9.17) is 14.2 Å². The highest BCUT2D eigenvalue weighted by molar-refractivity contribution is 5.79. The third kappa shape index (κ3) is 5.42. The maximum absolute atomic E-state index is 5.40. The van der Waals surface area contributed by atoms with Crippen molar-refractivity contribution in [3.63, 3.8) is 0 Å². The van der Waals surface area contributed by atoms with Crippen LogP contribution in [0.5, 0.6) is 17.2 Å². The van der Waals surface area contributed by atoms with Crippen LogP contribution in [0.25, 0.3) is 0 Å². The van der Waals surface area contributed by atoms with E-state index in [-0.39, 0.29) is 0 Å². The van der Waals surface area contributed by atoms with Crippen LogP contribution in [0.1, 0.15) is 25.3 Å². The van der Waals surface area contributed by atoms with E-state index < -0.39 is 0 Å². The summed E-state index contributed by atoms with van der Waals surface area (Å²) in [5.74, 6) is 2.68. The molecule has 7 nitrogen and oxygen atoms in total. The summed E-state index contributed by atoms with van der Waals surface area (Å²) in [6.45, 7) is 5.83. The molecule has 0 aliphatic heterocycles. The summed E-state index contributed by atoms with van der Waals surface area (Å²) in [4.78, 5) is 6.81. The second-order valence-corrected chi connectivity index (χ2v) is 6.25. The van der Waals surface area contributed by atoms with Crippen LogP contribution in [0, 0.1) is 0 Å². The monoisotopic (exact) mass is 364 g/mol. The number of aliphatic imine (C=N–C) groups is 1. The number of nitrogens with one attached hydrogen (secondary N) is 2. The fourth-order valence-corrected chi connectivity index (χ4v) is 3.00. The van der Waals surface area contributed by atoms with Gasteiger partial charge in [-0.05, 0) is 37.1 Å². The number of hydrogen-bond donors (Lipinski definition) is 2. The lowest BCUT2D eigenvalue weighted by Gasteiger charge is -2.21. The molecular weight excluding hydrogens is 332 g/mol. The van der Waals surface area contributed by atoms with E-state index in [0.717, 1.165) is 37.2 Å². The van der Waals surface area contributed by atoms with E-state index in [9.17, 15) is 0 Å². The van der Waals surface area contributed by atoms with Crippen LogP contribution in [0.4, 0.5) is 0 Å². The summed E-state index contributed by atoms with van der Waals surface area (Å²) in [5.41, 5.74) is 1.02. The molecule has 0 unspecified atom stereocenters. The first-order valence-corrected chi connectivity index (χ1v) is 9.14. The van der Waals surface area contributed by atoms with Gasteiger partial charge in [-0.25, -0.2) is 0 Å². The van der Waals surface area contributed by atoms with Gasteiger partial charge in [0.25, 0.3) is 0 Å². The van der Waals surface area contributed by atoms with Crippen molar-refractivity contribution in [1.82, 2.24) is 15.5 Å². The van der Waals surface area contributed by atoms with Crippen LogP contribution in [-0.2, 0) is 6.54 Å². The SMILES string of the molecule is CCN(CCNC(=NC)NCc1cc(OC)c(OC)c(OC)c1)C1CC1. The van der Waals surface area contributed by atoms with Crippen molar-refractivity contribution in [2.75, 3.05) is 48.0 Å². The molecule has 7 heteroatoms. The maximum Gasteiger partial charge on any atom is 0.203 e. The summed E-state index contributed by atoms with van der Waals surface area (Å²) >= 11 is 0. The van der Waals surface area contributed by atoms with Crippen molar-refractivity contribution in [1.29, 1.82) is 0 Å². The van der Waals surface area contributed by atoms with E-state index >= 15 is 0 Å². The lowest BCUT2D eigenvalue weighted by molar-refractivity contribution is 0.282. The third-order valence-electron chi connectivity index (χ3n) is 4.57. The number of benzene rings is 1. The zero-order valence-electron chi connectivity index (χ0n) is 16.6. The van der Waals surface area contributed by atoms with Gasteiger partial charge in [-0.1, -0.05) is 6.92 Å². The summed E-state index contributed by atoms with van der Waals surface area (Å²) in [5, 5.41) is 6.71. The predicted octanol–water partition coefficient (Wildman–Crippen LogP) is 1.86. The van der Waals surface area contributed by atoms with Gasteiger partial charge >= 0.3 is 0 Å². The Morgan fingerprint density at radius 3 is 2.23 bits per heavy atom. The van der Waals surface area contributed by atoms with Gasteiger partial charge in [-0.3, -0.25) is 9.89 Å². The fraction of sp³-hybridized carbons (Fsp3) is 0.632. The smallest absolute Gasteiger partial charge is 0.203 e. The molecule has 0 spiro atoms.